The molecule has 0 unspecified atom stereocenters. The van der Waals surface area contributed by atoms with E-state index in [1.54, 1.807) is 11.8 Å². The van der Waals surface area contributed by atoms with E-state index >= 15 is 0 Å². The highest BCUT2D eigenvalue weighted by atomic mass is 35.5. The molecular weight excluding hydrogens is 368 g/mol. The highest BCUT2D eigenvalue weighted by Crippen LogP contribution is 2.21. The first-order valence-electron chi connectivity index (χ1n) is 8.96. The van der Waals surface area contributed by atoms with Crippen molar-refractivity contribution in [3.05, 3.63) is 47.5 Å². The van der Waals surface area contributed by atoms with Gasteiger partial charge in [-0.15, -0.1) is 11.8 Å². The van der Waals surface area contributed by atoms with Crippen LogP contribution < -0.4 is 5.32 Å². The number of aromatic nitrogens is 2. The van der Waals surface area contributed by atoms with Crippen LogP contribution in [0.2, 0.25) is 5.02 Å². The number of aryl methyl sites for hydroxylation is 1. The Morgan fingerprint density at radius 1 is 1.31 bits per heavy atom. The van der Waals surface area contributed by atoms with Crippen LogP contribution in [0.1, 0.15) is 18.7 Å². The van der Waals surface area contributed by atoms with Gasteiger partial charge in [-0.05, 0) is 50.2 Å². The molecule has 26 heavy (non-hydrogen) atoms. The summed E-state index contributed by atoms with van der Waals surface area (Å²) >= 11 is 7.61. The number of carbonyl (C=O) groups excluding carboxylic acids is 1. The van der Waals surface area contributed by atoms with Gasteiger partial charge >= 0.3 is 0 Å². The summed E-state index contributed by atoms with van der Waals surface area (Å²) in [6, 6.07) is 7.79. The minimum Gasteiger partial charge on any atom is -0.355 e. The molecule has 1 N–H and O–H groups in total. The number of rotatable bonds is 7. The van der Waals surface area contributed by atoms with Gasteiger partial charge in [0.15, 0.2) is 0 Å². The number of benzene rings is 1. The van der Waals surface area contributed by atoms with E-state index in [0.717, 1.165) is 49.1 Å². The number of imidazole rings is 1. The molecule has 0 spiro atoms. The lowest BCUT2D eigenvalue weighted by Gasteiger charge is -2.30. The number of thioether (sulfide) groups is 1. The Balaban J connectivity index is 1.33. The average molecular weight is 393 g/mol. The summed E-state index contributed by atoms with van der Waals surface area (Å²) in [5.74, 6) is 2.27. The molecule has 2 aromatic rings. The van der Waals surface area contributed by atoms with Gasteiger partial charge in [-0.2, -0.15) is 0 Å². The van der Waals surface area contributed by atoms with Crippen LogP contribution in [-0.2, 0) is 18.4 Å². The predicted molar refractivity (Wildman–Crippen MR) is 106 cm³/mol. The van der Waals surface area contributed by atoms with Crippen molar-refractivity contribution < 1.29 is 4.79 Å². The third kappa shape index (κ3) is 5.50. The number of amides is 1. The molecule has 5 nitrogen and oxygen atoms in total. The third-order valence-electron chi connectivity index (χ3n) is 4.73. The van der Waals surface area contributed by atoms with Crippen molar-refractivity contribution >= 4 is 29.3 Å². The second-order valence-corrected chi connectivity index (χ2v) is 8.20. The maximum atomic E-state index is 12.4. The first-order valence-corrected chi connectivity index (χ1v) is 10.3. The fourth-order valence-electron chi connectivity index (χ4n) is 3.12. The SMILES string of the molecule is Cn1ccnc1CN1CCC(C(=O)NCCSc2ccc(Cl)cc2)CC1. The van der Waals surface area contributed by atoms with Gasteiger partial charge in [0.25, 0.3) is 0 Å². The normalized spacial score (nSPS) is 15.9. The number of nitrogens with zero attached hydrogens (tertiary/aromatic N) is 3. The fraction of sp³-hybridized carbons (Fsp3) is 0.474. The Morgan fingerprint density at radius 3 is 2.69 bits per heavy atom. The summed E-state index contributed by atoms with van der Waals surface area (Å²) in [6.45, 7) is 3.45. The Labute approximate surface area is 164 Å². The van der Waals surface area contributed by atoms with Gasteiger partial charge in [0.2, 0.25) is 5.91 Å². The smallest absolute Gasteiger partial charge is 0.223 e. The molecule has 1 aromatic carbocycles. The summed E-state index contributed by atoms with van der Waals surface area (Å²) in [4.78, 5) is 20.3. The van der Waals surface area contributed by atoms with Crippen LogP contribution >= 0.6 is 23.4 Å². The number of likely N-dealkylation sites (tertiary alicyclic amines) is 1. The molecule has 1 aliphatic heterocycles. The van der Waals surface area contributed by atoms with E-state index in [-0.39, 0.29) is 11.8 Å². The van der Waals surface area contributed by atoms with Crippen molar-refractivity contribution in [2.24, 2.45) is 13.0 Å². The van der Waals surface area contributed by atoms with Gasteiger partial charge in [-0.3, -0.25) is 9.69 Å². The van der Waals surface area contributed by atoms with E-state index in [1.165, 1.54) is 4.90 Å². The zero-order valence-corrected chi connectivity index (χ0v) is 16.6. The molecule has 1 amide bonds. The zero-order valence-electron chi connectivity index (χ0n) is 15.0. The lowest BCUT2D eigenvalue weighted by molar-refractivity contribution is -0.126. The molecule has 7 heteroatoms. The summed E-state index contributed by atoms with van der Waals surface area (Å²) in [6.07, 6.45) is 5.64. The first kappa shape index (κ1) is 19.3. The first-order chi connectivity index (χ1) is 12.6. The van der Waals surface area contributed by atoms with Gasteiger partial charge in [-0.1, -0.05) is 11.6 Å². The quantitative estimate of drug-likeness (QED) is 0.580. The summed E-state index contributed by atoms with van der Waals surface area (Å²) in [5.41, 5.74) is 0. The molecule has 1 aliphatic rings. The molecule has 1 saturated heterocycles. The van der Waals surface area contributed by atoms with Gasteiger partial charge in [0, 0.05) is 47.6 Å². The van der Waals surface area contributed by atoms with Crippen LogP contribution in [0, 0.1) is 5.92 Å². The largest absolute Gasteiger partial charge is 0.355 e. The van der Waals surface area contributed by atoms with Crippen LogP contribution in [0.25, 0.3) is 0 Å². The van der Waals surface area contributed by atoms with Gasteiger partial charge in [0.05, 0.1) is 6.54 Å². The second kappa shape index (κ2) is 9.44. The second-order valence-electron chi connectivity index (χ2n) is 6.60. The Hall–Kier alpha value is -1.50. The van der Waals surface area contributed by atoms with E-state index < -0.39 is 0 Å². The number of hydrogen-bond donors (Lipinski definition) is 1. The van der Waals surface area contributed by atoms with Crippen LogP contribution in [0.15, 0.2) is 41.6 Å². The van der Waals surface area contributed by atoms with E-state index in [4.69, 9.17) is 11.6 Å². The molecule has 0 atom stereocenters. The number of piperidine rings is 1. The van der Waals surface area contributed by atoms with Gasteiger partial charge < -0.3 is 9.88 Å². The maximum absolute atomic E-state index is 12.4. The standard InChI is InChI=1S/C19H25ClN4OS/c1-23-12-8-21-18(23)14-24-10-6-15(7-11-24)19(25)22-9-13-26-17-4-2-16(20)3-5-17/h2-5,8,12,15H,6-7,9-11,13-14H2,1H3,(H,22,25). The molecule has 0 bridgehead atoms. The highest BCUT2D eigenvalue weighted by Gasteiger charge is 2.25. The highest BCUT2D eigenvalue weighted by molar-refractivity contribution is 7.99. The van der Waals surface area contributed by atoms with E-state index in [9.17, 15) is 4.79 Å². The number of nitrogens with one attached hydrogen (secondary N) is 1. The summed E-state index contributed by atoms with van der Waals surface area (Å²) in [7, 11) is 2.02. The minimum absolute atomic E-state index is 0.133. The van der Waals surface area contributed by atoms with Crippen molar-refractivity contribution in [3.8, 4) is 0 Å². The lowest BCUT2D eigenvalue weighted by atomic mass is 9.96. The fourth-order valence-corrected chi connectivity index (χ4v) is 4.01. The Bertz CT molecular complexity index is 711. The van der Waals surface area contributed by atoms with Gasteiger partial charge in [-0.25, -0.2) is 4.98 Å². The maximum Gasteiger partial charge on any atom is 0.223 e. The molecule has 0 aliphatic carbocycles. The molecule has 140 valence electrons. The number of halogens is 1. The molecule has 3 rings (SSSR count). The lowest BCUT2D eigenvalue weighted by Crippen LogP contribution is -2.41. The van der Waals surface area contributed by atoms with Crippen LogP contribution in [0.4, 0.5) is 0 Å². The molecule has 2 heterocycles. The van der Waals surface area contributed by atoms with Crippen LogP contribution in [0.3, 0.4) is 0 Å². The zero-order chi connectivity index (χ0) is 18.4. The van der Waals surface area contributed by atoms with Crippen molar-refractivity contribution in [1.82, 2.24) is 19.8 Å². The number of carbonyl (C=O) groups is 1. The molecule has 1 aromatic heterocycles. The minimum atomic E-state index is 0.133. The third-order valence-corrected chi connectivity index (χ3v) is 5.99. The van der Waals surface area contributed by atoms with Crippen LogP contribution in [-0.4, -0.2) is 45.7 Å². The molecule has 1 fully saturated rings. The van der Waals surface area contributed by atoms with E-state index in [1.807, 2.05) is 43.7 Å². The molecule has 0 radical (unpaired) electrons. The summed E-state index contributed by atoms with van der Waals surface area (Å²) < 4.78 is 2.05. The van der Waals surface area contributed by atoms with E-state index in [2.05, 4.69) is 19.8 Å². The summed E-state index contributed by atoms with van der Waals surface area (Å²) in [5, 5.41) is 3.83. The topological polar surface area (TPSA) is 50.2 Å². The van der Waals surface area contributed by atoms with E-state index in [0.29, 0.717) is 6.54 Å². The monoisotopic (exact) mass is 392 g/mol. The van der Waals surface area contributed by atoms with Crippen molar-refractivity contribution in [2.45, 2.75) is 24.3 Å². The van der Waals surface area contributed by atoms with Crippen molar-refractivity contribution in [2.75, 3.05) is 25.4 Å². The van der Waals surface area contributed by atoms with Crippen molar-refractivity contribution in [1.29, 1.82) is 0 Å². The number of hydrogen-bond acceptors (Lipinski definition) is 4. The van der Waals surface area contributed by atoms with Crippen molar-refractivity contribution in [3.63, 3.8) is 0 Å². The average Bonchev–Trinajstić information content (AvgIpc) is 3.05. The Morgan fingerprint density at radius 2 is 2.04 bits per heavy atom. The predicted octanol–water partition coefficient (Wildman–Crippen LogP) is 3.19. The molecule has 0 saturated carbocycles. The van der Waals surface area contributed by atoms with Crippen LogP contribution in [0.5, 0.6) is 0 Å². The molecular formula is C19H25ClN4OS. The Kier molecular flexibility index (Phi) is 7.00. The van der Waals surface area contributed by atoms with Gasteiger partial charge in [0.1, 0.15) is 5.82 Å².